The van der Waals surface area contributed by atoms with E-state index in [0.29, 0.717) is 5.76 Å². The molecule has 0 aliphatic carbocycles. The summed E-state index contributed by atoms with van der Waals surface area (Å²) in [5, 5.41) is 0. The maximum atomic E-state index is 5.39. The predicted molar refractivity (Wildman–Crippen MR) is 53.2 cm³/mol. The first-order valence-corrected chi connectivity index (χ1v) is 4.11. The average Bonchev–Trinajstić information content (AvgIpc) is 2.08. The Morgan fingerprint density at radius 3 is 2.54 bits per heavy atom. The van der Waals surface area contributed by atoms with Crippen LogP contribution in [0.25, 0.3) is 0 Å². The Morgan fingerprint density at radius 2 is 2.08 bits per heavy atom. The van der Waals surface area contributed by atoms with Gasteiger partial charge in [0.25, 0.3) is 0 Å². The molecule has 0 heterocycles. The summed E-state index contributed by atoms with van der Waals surface area (Å²) in [5.41, 5.74) is 1.04. The predicted octanol–water partition coefficient (Wildman–Crippen LogP) is 2.92. The average molecular weight is 178 g/mol. The number of methoxy groups -OCH3 is 1. The van der Waals surface area contributed by atoms with Gasteiger partial charge in [-0.05, 0) is 37.6 Å². The van der Waals surface area contributed by atoms with Gasteiger partial charge >= 0.3 is 0 Å². The summed E-state index contributed by atoms with van der Waals surface area (Å²) < 4.78 is 10.5. The standard InChI is InChI=1S/C11H14O2/c1-8(2)13-11-6-5-10(12-4)7-9(11)3/h5-7H,1H2,2-4H3. The molecule has 70 valence electrons. The number of rotatable bonds is 3. The zero-order valence-corrected chi connectivity index (χ0v) is 8.26. The summed E-state index contributed by atoms with van der Waals surface area (Å²) in [7, 11) is 1.65. The molecule has 0 fully saturated rings. The maximum Gasteiger partial charge on any atom is 0.130 e. The SMILES string of the molecule is C=C(C)Oc1ccc(OC)cc1C. The Kier molecular flexibility index (Phi) is 2.96. The second kappa shape index (κ2) is 3.99. The fourth-order valence-electron chi connectivity index (χ4n) is 1.05. The normalized spacial score (nSPS) is 9.46. The smallest absolute Gasteiger partial charge is 0.130 e. The minimum atomic E-state index is 0.688. The molecule has 0 saturated carbocycles. The van der Waals surface area contributed by atoms with Crippen molar-refractivity contribution in [1.82, 2.24) is 0 Å². The maximum absolute atomic E-state index is 5.39. The van der Waals surface area contributed by atoms with E-state index in [2.05, 4.69) is 6.58 Å². The molecule has 0 aromatic heterocycles. The zero-order chi connectivity index (χ0) is 9.84. The van der Waals surface area contributed by atoms with Crippen molar-refractivity contribution in [2.24, 2.45) is 0 Å². The molecule has 2 heteroatoms. The van der Waals surface area contributed by atoms with Crippen LogP contribution >= 0.6 is 0 Å². The van der Waals surface area contributed by atoms with E-state index in [4.69, 9.17) is 9.47 Å². The molecule has 0 N–H and O–H groups in total. The molecule has 0 aliphatic rings. The van der Waals surface area contributed by atoms with E-state index >= 15 is 0 Å². The quantitative estimate of drug-likeness (QED) is 0.662. The lowest BCUT2D eigenvalue weighted by molar-refractivity contribution is 0.407. The van der Waals surface area contributed by atoms with Gasteiger partial charge in [-0.15, -0.1) is 0 Å². The third-order valence-electron chi connectivity index (χ3n) is 1.67. The van der Waals surface area contributed by atoms with E-state index in [1.165, 1.54) is 0 Å². The Morgan fingerprint density at radius 1 is 1.38 bits per heavy atom. The van der Waals surface area contributed by atoms with E-state index in [-0.39, 0.29) is 0 Å². The Labute approximate surface area is 78.8 Å². The molecule has 13 heavy (non-hydrogen) atoms. The number of benzene rings is 1. The minimum absolute atomic E-state index is 0.688. The molecule has 0 aliphatic heterocycles. The van der Waals surface area contributed by atoms with Crippen LogP contribution in [-0.2, 0) is 0 Å². The zero-order valence-electron chi connectivity index (χ0n) is 8.26. The van der Waals surface area contributed by atoms with Gasteiger partial charge in [0, 0.05) is 0 Å². The van der Waals surface area contributed by atoms with Crippen molar-refractivity contribution in [3.05, 3.63) is 36.1 Å². The summed E-state index contributed by atoms with van der Waals surface area (Å²) >= 11 is 0. The summed E-state index contributed by atoms with van der Waals surface area (Å²) in [6.45, 7) is 7.48. The molecule has 0 bridgehead atoms. The fraction of sp³-hybridized carbons (Fsp3) is 0.273. The number of hydrogen-bond acceptors (Lipinski definition) is 2. The lowest BCUT2D eigenvalue weighted by atomic mass is 10.2. The molecule has 0 saturated heterocycles. The van der Waals surface area contributed by atoms with Gasteiger partial charge in [0.1, 0.15) is 11.5 Å². The van der Waals surface area contributed by atoms with Crippen LogP contribution in [0.3, 0.4) is 0 Å². The largest absolute Gasteiger partial charge is 0.497 e. The van der Waals surface area contributed by atoms with Crippen LogP contribution in [0, 0.1) is 6.92 Å². The highest BCUT2D eigenvalue weighted by Crippen LogP contribution is 2.24. The van der Waals surface area contributed by atoms with Gasteiger partial charge in [0.2, 0.25) is 0 Å². The molecule has 0 radical (unpaired) electrons. The van der Waals surface area contributed by atoms with Crippen LogP contribution in [0.2, 0.25) is 0 Å². The number of hydrogen-bond donors (Lipinski definition) is 0. The van der Waals surface area contributed by atoms with Crippen molar-refractivity contribution < 1.29 is 9.47 Å². The topological polar surface area (TPSA) is 18.5 Å². The monoisotopic (exact) mass is 178 g/mol. The Bertz CT molecular complexity index is 316. The van der Waals surface area contributed by atoms with Gasteiger partial charge in [-0.2, -0.15) is 0 Å². The van der Waals surface area contributed by atoms with Crippen LogP contribution in [0.1, 0.15) is 12.5 Å². The van der Waals surface area contributed by atoms with Crippen LogP contribution in [0.5, 0.6) is 11.5 Å². The van der Waals surface area contributed by atoms with Crippen molar-refractivity contribution in [3.63, 3.8) is 0 Å². The first-order chi connectivity index (χ1) is 6.13. The molecule has 1 aromatic carbocycles. The summed E-state index contributed by atoms with van der Waals surface area (Å²) in [4.78, 5) is 0. The van der Waals surface area contributed by atoms with Crippen molar-refractivity contribution in [2.45, 2.75) is 13.8 Å². The Balaban J connectivity index is 2.91. The van der Waals surface area contributed by atoms with E-state index in [0.717, 1.165) is 17.1 Å². The van der Waals surface area contributed by atoms with Gasteiger partial charge in [-0.1, -0.05) is 6.58 Å². The van der Waals surface area contributed by atoms with E-state index in [1.54, 1.807) is 7.11 Å². The molecule has 1 rings (SSSR count). The van der Waals surface area contributed by atoms with Crippen LogP contribution in [-0.4, -0.2) is 7.11 Å². The summed E-state index contributed by atoms with van der Waals surface area (Å²) in [6.07, 6.45) is 0. The molecule has 0 spiro atoms. The third kappa shape index (κ3) is 2.51. The number of aryl methyl sites for hydroxylation is 1. The number of ether oxygens (including phenoxy) is 2. The molecule has 1 aromatic rings. The fourth-order valence-corrected chi connectivity index (χ4v) is 1.05. The first-order valence-electron chi connectivity index (χ1n) is 4.11. The minimum Gasteiger partial charge on any atom is -0.497 e. The van der Waals surface area contributed by atoms with Gasteiger partial charge in [0.15, 0.2) is 0 Å². The number of allylic oxidation sites excluding steroid dienone is 1. The van der Waals surface area contributed by atoms with Crippen molar-refractivity contribution in [2.75, 3.05) is 7.11 Å². The van der Waals surface area contributed by atoms with E-state index in [9.17, 15) is 0 Å². The highest BCUT2D eigenvalue weighted by molar-refractivity contribution is 5.39. The van der Waals surface area contributed by atoms with Crippen molar-refractivity contribution in [3.8, 4) is 11.5 Å². The molecular formula is C11H14O2. The molecule has 0 unspecified atom stereocenters. The van der Waals surface area contributed by atoms with E-state index in [1.807, 2.05) is 32.0 Å². The Hall–Kier alpha value is -1.44. The van der Waals surface area contributed by atoms with Gasteiger partial charge < -0.3 is 9.47 Å². The highest BCUT2D eigenvalue weighted by atomic mass is 16.5. The highest BCUT2D eigenvalue weighted by Gasteiger charge is 2.00. The summed E-state index contributed by atoms with van der Waals surface area (Å²) in [6, 6.07) is 5.67. The summed E-state index contributed by atoms with van der Waals surface area (Å²) in [5.74, 6) is 2.35. The van der Waals surface area contributed by atoms with Gasteiger partial charge in [0.05, 0.1) is 12.9 Å². The van der Waals surface area contributed by atoms with E-state index < -0.39 is 0 Å². The lowest BCUT2D eigenvalue weighted by Crippen LogP contribution is -1.92. The second-order valence-electron chi connectivity index (χ2n) is 2.94. The van der Waals surface area contributed by atoms with Crippen LogP contribution < -0.4 is 9.47 Å². The first kappa shape index (κ1) is 9.65. The molecule has 0 atom stereocenters. The van der Waals surface area contributed by atoms with Crippen molar-refractivity contribution >= 4 is 0 Å². The van der Waals surface area contributed by atoms with Crippen molar-refractivity contribution in [1.29, 1.82) is 0 Å². The molecule has 0 amide bonds. The van der Waals surface area contributed by atoms with Crippen LogP contribution in [0.4, 0.5) is 0 Å². The molecule has 2 nitrogen and oxygen atoms in total. The van der Waals surface area contributed by atoms with Gasteiger partial charge in [-0.3, -0.25) is 0 Å². The second-order valence-corrected chi connectivity index (χ2v) is 2.94. The van der Waals surface area contributed by atoms with Crippen LogP contribution in [0.15, 0.2) is 30.5 Å². The molecular weight excluding hydrogens is 164 g/mol. The third-order valence-corrected chi connectivity index (χ3v) is 1.67. The van der Waals surface area contributed by atoms with Gasteiger partial charge in [-0.25, -0.2) is 0 Å². The lowest BCUT2D eigenvalue weighted by Gasteiger charge is -2.08.